The second-order valence-electron chi connectivity index (χ2n) is 7.47. The van der Waals surface area contributed by atoms with E-state index in [2.05, 4.69) is 10.1 Å². The summed E-state index contributed by atoms with van der Waals surface area (Å²) < 4.78 is 15.3. The number of aromatic amines is 1. The Morgan fingerprint density at radius 1 is 1.10 bits per heavy atom. The van der Waals surface area contributed by atoms with Crippen LogP contribution in [0.2, 0.25) is 0 Å². The topological polar surface area (TPSA) is 53.9 Å². The van der Waals surface area contributed by atoms with E-state index in [1.807, 2.05) is 54.9 Å². The molecule has 1 N–H and O–H groups in total. The van der Waals surface area contributed by atoms with Crippen molar-refractivity contribution in [1.29, 1.82) is 0 Å². The minimum atomic E-state index is -0.270. The number of nitrogens with zero attached hydrogens (tertiary/aromatic N) is 3. The second-order valence-corrected chi connectivity index (χ2v) is 7.47. The van der Waals surface area contributed by atoms with Gasteiger partial charge in [-0.1, -0.05) is 12.1 Å². The molecule has 0 aliphatic carbocycles. The van der Waals surface area contributed by atoms with Crippen molar-refractivity contribution in [2.45, 2.75) is 26.9 Å². The minimum Gasteiger partial charge on any atom is -0.357 e. The molecule has 0 radical (unpaired) electrons. The minimum absolute atomic E-state index is 0.0625. The molecule has 0 atom stereocenters. The summed E-state index contributed by atoms with van der Waals surface area (Å²) in [4.78, 5) is 17.7. The Morgan fingerprint density at radius 3 is 2.55 bits per heavy atom. The van der Waals surface area contributed by atoms with Crippen LogP contribution in [0.15, 0.2) is 54.6 Å². The fourth-order valence-corrected chi connectivity index (χ4v) is 3.56. The molecule has 2 heterocycles. The highest BCUT2D eigenvalue weighted by Crippen LogP contribution is 2.18. The van der Waals surface area contributed by atoms with Crippen molar-refractivity contribution in [3.63, 3.8) is 0 Å². The second kappa shape index (κ2) is 7.54. The number of hydrogen-bond donors (Lipinski definition) is 1. The van der Waals surface area contributed by atoms with Crippen molar-refractivity contribution in [2.24, 2.45) is 0 Å². The van der Waals surface area contributed by atoms with E-state index < -0.39 is 0 Å². The van der Waals surface area contributed by atoms with Gasteiger partial charge < -0.3 is 9.88 Å². The Hall–Kier alpha value is -3.41. The lowest BCUT2D eigenvalue weighted by atomic mass is 10.1. The Bertz CT molecular complexity index is 1170. The third kappa shape index (κ3) is 4.06. The molecule has 148 valence electrons. The average molecular weight is 390 g/mol. The smallest absolute Gasteiger partial charge is 0.253 e. The van der Waals surface area contributed by atoms with Crippen molar-refractivity contribution in [1.82, 2.24) is 19.7 Å². The van der Waals surface area contributed by atoms with E-state index in [0.717, 1.165) is 33.5 Å². The number of nitrogens with one attached hydrogen (secondary N) is 1. The maximum Gasteiger partial charge on any atom is 0.253 e. The van der Waals surface area contributed by atoms with Crippen molar-refractivity contribution in [3.05, 3.63) is 88.6 Å². The summed E-state index contributed by atoms with van der Waals surface area (Å²) in [5, 5.41) is 5.28. The highest BCUT2D eigenvalue weighted by molar-refractivity contribution is 5.94. The van der Waals surface area contributed by atoms with Gasteiger partial charge in [-0.2, -0.15) is 5.10 Å². The van der Waals surface area contributed by atoms with Crippen molar-refractivity contribution >= 4 is 16.8 Å². The Morgan fingerprint density at radius 2 is 1.86 bits per heavy atom. The van der Waals surface area contributed by atoms with Crippen molar-refractivity contribution < 1.29 is 9.18 Å². The summed E-state index contributed by atoms with van der Waals surface area (Å²) in [5.41, 5.74) is 5.55. The molecular weight excluding hydrogens is 367 g/mol. The number of H-pyrrole nitrogens is 1. The molecule has 2 aromatic heterocycles. The zero-order chi connectivity index (χ0) is 20.5. The number of aromatic nitrogens is 3. The predicted octanol–water partition coefficient (Wildman–Crippen LogP) is 4.44. The lowest BCUT2D eigenvalue weighted by Crippen LogP contribution is -2.26. The first-order valence-corrected chi connectivity index (χ1v) is 9.51. The first-order chi connectivity index (χ1) is 13.9. The van der Waals surface area contributed by atoms with Gasteiger partial charge in [0.2, 0.25) is 0 Å². The van der Waals surface area contributed by atoms with E-state index in [0.29, 0.717) is 18.7 Å². The average Bonchev–Trinajstić information content (AvgIpc) is 3.22. The molecule has 1 amide bonds. The van der Waals surface area contributed by atoms with Gasteiger partial charge in [0.05, 0.1) is 18.8 Å². The number of hydrogen-bond acceptors (Lipinski definition) is 2. The summed E-state index contributed by atoms with van der Waals surface area (Å²) in [6, 6.07) is 16.2. The Labute approximate surface area is 168 Å². The van der Waals surface area contributed by atoms with Gasteiger partial charge in [0.1, 0.15) is 5.82 Å². The van der Waals surface area contributed by atoms with Crippen LogP contribution in [0.25, 0.3) is 10.9 Å². The molecule has 6 heteroatoms. The van der Waals surface area contributed by atoms with Crippen LogP contribution in [0.3, 0.4) is 0 Å². The largest absolute Gasteiger partial charge is 0.357 e. The molecule has 5 nitrogen and oxygen atoms in total. The van der Waals surface area contributed by atoms with Gasteiger partial charge in [-0.25, -0.2) is 4.39 Å². The van der Waals surface area contributed by atoms with Crippen LogP contribution in [-0.2, 0) is 13.1 Å². The van der Waals surface area contributed by atoms with Gasteiger partial charge >= 0.3 is 0 Å². The molecule has 2 aromatic carbocycles. The molecule has 0 saturated heterocycles. The van der Waals surface area contributed by atoms with Gasteiger partial charge in [0, 0.05) is 34.9 Å². The number of fused-ring (bicyclic) bond motifs is 1. The van der Waals surface area contributed by atoms with Crippen LogP contribution in [0, 0.1) is 19.7 Å². The highest BCUT2D eigenvalue weighted by Gasteiger charge is 2.14. The first kappa shape index (κ1) is 18.9. The molecule has 0 aliphatic rings. The number of amides is 1. The van der Waals surface area contributed by atoms with E-state index in [-0.39, 0.29) is 11.7 Å². The third-order valence-corrected chi connectivity index (χ3v) is 5.03. The van der Waals surface area contributed by atoms with Gasteiger partial charge in [-0.05, 0) is 61.9 Å². The molecule has 0 unspecified atom stereocenters. The summed E-state index contributed by atoms with van der Waals surface area (Å²) >= 11 is 0. The molecule has 4 rings (SSSR count). The van der Waals surface area contributed by atoms with Gasteiger partial charge in [0.25, 0.3) is 5.91 Å². The Balaban J connectivity index is 1.44. The predicted molar refractivity (Wildman–Crippen MR) is 111 cm³/mol. The standard InChI is InChI=1S/C23H23FN4O/c1-15-10-16(2)28(26-15)13-17-4-6-18(7-5-17)23(29)27(3)14-21-12-19-11-20(24)8-9-22(19)25-21/h4-12,25H,13-14H2,1-3H3. The van der Waals surface area contributed by atoms with E-state index in [9.17, 15) is 9.18 Å². The fraction of sp³-hybridized carbons (Fsp3) is 0.217. The molecule has 0 aliphatic heterocycles. The molecular formula is C23H23FN4O. The summed E-state index contributed by atoms with van der Waals surface area (Å²) in [7, 11) is 1.76. The van der Waals surface area contributed by atoms with E-state index in [1.165, 1.54) is 12.1 Å². The molecule has 0 bridgehead atoms. The first-order valence-electron chi connectivity index (χ1n) is 9.51. The lowest BCUT2D eigenvalue weighted by molar-refractivity contribution is 0.0783. The molecule has 0 spiro atoms. The zero-order valence-corrected chi connectivity index (χ0v) is 16.7. The maximum atomic E-state index is 13.4. The monoisotopic (exact) mass is 390 g/mol. The number of halogens is 1. The Kier molecular flexibility index (Phi) is 4.92. The zero-order valence-electron chi connectivity index (χ0n) is 16.7. The quantitative estimate of drug-likeness (QED) is 0.548. The number of aryl methyl sites for hydroxylation is 2. The van der Waals surface area contributed by atoms with Crippen LogP contribution >= 0.6 is 0 Å². The molecule has 29 heavy (non-hydrogen) atoms. The van der Waals surface area contributed by atoms with Crippen LogP contribution < -0.4 is 0 Å². The van der Waals surface area contributed by atoms with Gasteiger partial charge in [-0.15, -0.1) is 0 Å². The van der Waals surface area contributed by atoms with Crippen molar-refractivity contribution in [2.75, 3.05) is 7.05 Å². The molecule has 0 fully saturated rings. The summed E-state index contributed by atoms with van der Waals surface area (Å²) in [6.45, 7) is 5.11. The number of rotatable bonds is 5. The van der Waals surface area contributed by atoms with Gasteiger partial charge in [-0.3, -0.25) is 9.48 Å². The molecule has 0 saturated carbocycles. The number of carbonyl (C=O) groups excluding carboxylic acids is 1. The van der Waals surface area contributed by atoms with E-state index >= 15 is 0 Å². The third-order valence-electron chi connectivity index (χ3n) is 5.03. The number of carbonyl (C=O) groups is 1. The SMILES string of the molecule is Cc1cc(C)n(Cc2ccc(C(=O)N(C)Cc3cc4cc(F)ccc4[nH]3)cc2)n1. The van der Waals surface area contributed by atoms with Crippen LogP contribution in [0.4, 0.5) is 4.39 Å². The van der Waals surface area contributed by atoms with Crippen molar-refractivity contribution in [3.8, 4) is 0 Å². The lowest BCUT2D eigenvalue weighted by Gasteiger charge is -2.16. The van der Waals surface area contributed by atoms with Gasteiger partial charge in [0.15, 0.2) is 0 Å². The van der Waals surface area contributed by atoms with E-state index in [1.54, 1.807) is 18.0 Å². The summed E-state index contributed by atoms with van der Waals surface area (Å²) in [6.07, 6.45) is 0. The fourth-order valence-electron chi connectivity index (χ4n) is 3.56. The maximum absolute atomic E-state index is 13.4. The summed E-state index contributed by atoms with van der Waals surface area (Å²) in [5.74, 6) is -0.333. The van der Waals surface area contributed by atoms with Crippen LogP contribution in [0.1, 0.15) is 33.0 Å². The van der Waals surface area contributed by atoms with Crippen LogP contribution in [-0.4, -0.2) is 32.6 Å². The molecule has 4 aromatic rings. The highest BCUT2D eigenvalue weighted by atomic mass is 19.1. The normalized spacial score (nSPS) is 11.2. The van der Waals surface area contributed by atoms with Crippen LogP contribution in [0.5, 0.6) is 0 Å². The van der Waals surface area contributed by atoms with E-state index in [4.69, 9.17) is 0 Å². The number of benzene rings is 2.